The third-order valence-electron chi connectivity index (χ3n) is 7.02. The Hall–Kier alpha value is -3.84. The van der Waals surface area contributed by atoms with Crippen LogP contribution < -0.4 is 21.9 Å². The number of hydrogen-bond acceptors (Lipinski definition) is 7. The lowest BCUT2D eigenvalue weighted by atomic mass is 10.1. The third-order valence-corrected chi connectivity index (χ3v) is 7.02. The topological polar surface area (TPSA) is 120 Å². The van der Waals surface area contributed by atoms with Gasteiger partial charge in [-0.25, -0.2) is 9.59 Å². The molecule has 0 spiro atoms. The minimum atomic E-state index is -0.645. The lowest BCUT2D eigenvalue weighted by Crippen LogP contribution is -2.48. The van der Waals surface area contributed by atoms with E-state index in [-0.39, 0.29) is 25.0 Å². The summed E-state index contributed by atoms with van der Waals surface area (Å²) in [6.07, 6.45) is 2.99. The molecule has 4 rings (SSSR count). The van der Waals surface area contributed by atoms with Gasteiger partial charge < -0.3 is 20.3 Å². The Morgan fingerprint density at radius 1 is 1.11 bits per heavy atom. The molecule has 2 N–H and O–H groups in total. The molecule has 0 radical (unpaired) electrons. The molecule has 0 unspecified atom stereocenters. The number of nitrogens with two attached hydrogens (primary N) is 1. The lowest BCUT2D eigenvalue weighted by Gasteiger charge is -2.33. The van der Waals surface area contributed by atoms with Gasteiger partial charge in [-0.05, 0) is 44.2 Å². The highest BCUT2D eigenvalue weighted by molar-refractivity contribution is 5.98. The maximum absolute atomic E-state index is 13.6. The highest BCUT2D eigenvalue weighted by atomic mass is 16.5. The minimum absolute atomic E-state index is 0.0331. The molecule has 2 aliphatic heterocycles. The number of likely N-dealkylation sites (tertiary alicyclic amines) is 1. The predicted octanol–water partition coefficient (Wildman–Crippen LogP) is 0.787. The molecule has 37 heavy (non-hydrogen) atoms. The van der Waals surface area contributed by atoms with Gasteiger partial charge in [0.15, 0.2) is 0 Å². The number of rotatable bonds is 6. The van der Waals surface area contributed by atoms with Gasteiger partial charge in [0.1, 0.15) is 11.9 Å². The van der Waals surface area contributed by atoms with Crippen LogP contribution in [-0.4, -0.2) is 64.7 Å². The molecule has 1 amide bonds. The standard InChI is InChI=1S/C27H33N5O5/c1-3-4-14-31-23(29-13-7-10-20(28)18-29)16-24(33)32(27(31)36)17-19-9-5-6-11-21(19)25(34)30-15-8-12-22(30)26(35)37-2/h5-6,9,11,16,20,22H,7-8,10,12-15,17-18,28H2,1-2H3/t20-,22+/m1/s1. The Morgan fingerprint density at radius 3 is 2.59 bits per heavy atom. The van der Waals surface area contributed by atoms with Crippen molar-refractivity contribution in [2.75, 3.05) is 31.6 Å². The van der Waals surface area contributed by atoms with Gasteiger partial charge in [0, 0.05) is 37.3 Å². The summed E-state index contributed by atoms with van der Waals surface area (Å²) in [6, 6.07) is 7.62. The lowest BCUT2D eigenvalue weighted by molar-refractivity contribution is -0.145. The maximum Gasteiger partial charge on any atom is 0.333 e. The molecule has 1 aromatic carbocycles. The van der Waals surface area contributed by atoms with Crippen molar-refractivity contribution in [1.29, 1.82) is 0 Å². The van der Waals surface area contributed by atoms with Gasteiger partial charge in [0.05, 0.1) is 20.2 Å². The Morgan fingerprint density at radius 2 is 1.86 bits per heavy atom. The Bertz CT molecular complexity index is 1350. The SMILES string of the molecule is CC#CCn1c(N2CCC[C@@H](N)C2)cc(=O)n(Cc2ccccc2C(=O)N2CCC[C@H]2C(=O)OC)c1=O. The number of piperidine rings is 1. The Kier molecular flexibility index (Phi) is 8.14. The Labute approximate surface area is 215 Å². The molecule has 0 saturated carbocycles. The molecule has 1 aromatic heterocycles. The van der Waals surface area contributed by atoms with Crippen molar-refractivity contribution in [1.82, 2.24) is 14.0 Å². The van der Waals surface area contributed by atoms with E-state index in [9.17, 15) is 19.2 Å². The maximum atomic E-state index is 13.6. The number of ether oxygens (including phenoxy) is 1. The van der Waals surface area contributed by atoms with E-state index in [0.717, 1.165) is 17.4 Å². The number of hydrogen-bond donors (Lipinski definition) is 1. The second-order valence-electron chi connectivity index (χ2n) is 9.41. The van der Waals surface area contributed by atoms with Gasteiger partial charge in [0.25, 0.3) is 11.5 Å². The molecule has 2 saturated heterocycles. The highest BCUT2D eigenvalue weighted by Crippen LogP contribution is 2.23. The van der Waals surface area contributed by atoms with Gasteiger partial charge in [-0.1, -0.05) is 24.1 Å². The van der Waals surface area contributed by atoms with Crippen molar-refractivity contribution in [3.8, 4) is 11.8 Å². The van der Waals surface area contributed by atoms with E-state index in [0.29, 0.717) is 49.4 Å². The smallest absolute Gasteiger partial charge is 0.333 e. The molecular formula is C27H33N5O5. The summed E-state index contributed by atoms with van der Waals surface area (Å²) >= 11 is 0. The van der Waals surface area contributed by atoms with Crippen LogP contribution in [0.1, 0.15) is 48.5 Å². The van der Waals surface area contributed by atoms with Crippen molar-refractivity contribution in [3.05, 3.63) is 62.3 Å². The molecule has 2 fully saturated rings. The zero-order chi connectivity index (χ0) is 26.5. The molecule has 2 atom stereocenters. The van der Waals surface area contributed by atoms with Crippen LogP contribution in [0.2, 0.25) is 0 Å². The van der Waals surface area contributed by atoms with Crippen LogP contribution in [-0.2, 0) is 22.6 Å². The van der Waals surface area contributed by atoms with Gasteiger partial charge in [-0.3, -0.25) is 18.7 Å². The van der Waals surface area contributed by atoms with E-state index in [1.54, 1.807) is 31.2 Å². The average molecular weight is 508 g/mol. The third kappa shape index (κ3) is 5.47. The Balaban J connectivity index is 1.72. The van der Waals surface area contributed by atoms with Gasteiger partial charge in [0.2, 0.25) is 0 Å². The first-order valence-electron chi connectivity index (χ1n) is 12.6. The fourth-order valence-corrected chi connectivity index (χ4v) is 5.12. The minimum Gasteiger partial charge on any atom is -0.467 e. The van der Waals surface area contributed by atoms with E-state index in [2.05, 4.69) is 11.8 Å². The number of esters is 1. The van der Waals surface area contributed by atoms with Crippen molar-refractivity contribution >= 4 is 17.7 Å². The summed E-state index contributed by atoms with van der Waals surface area (Å²) in [7, 11) is 1.30. The van der Waals surface area contributed by atoms with Crippen molar-refractivity contribution in [2.24, 2.45) is 5.73 Å². The second-order valence-corrected chi connectivity index (χ2v) is 9.41. The molecule has 2 aliphatic rings. The van der Waals surface area contributed by atoms with Gasteiger partial charge >= 0.3 is 11.7 Å². The summed E-state index contributed by atoms with van der Waals surface area (Å²) in [5, 5.41) is 0. The fourth-order valence-electron chi connectivity index (χ4n) is 5.12. The van der Waals surface area contributed by atoms with Crippen molar-refractivity contribution in [3.63, 3.8) is 0 Å². The summed E-state index contributed by atoms with van der Waals surface area (Å²) in [4.78, 5) is 56.0. The summed E-state index contributed by atoms with van der Waals surface area (Å²) in [6.45, 7) is 3.42. The molecule has 3 heterocycles. The number of carbonyl (C=O) groups is 2. The first kappa shape index (κ1) is 26.2. The predicted molar refractivity (Wildman–Crippen MR) is 139 cm³/mol. The molecule has 10 heteroatoms. The number of nitrogens with zero attached hydrogens (tertiary/aromatic N) is 4. The summed E-state index contributed by atoms with van der Waals surface area (Å²) < 4.78 is 7.49. The van der Waals surface area contributed by atoms with E-state index >= 15 is 0 Å². The average Bonchev–Trinajstić information content (AvgIpc) is 3.40. The molecule has 10 nitrogen and oxygen atoms in total. The van der Waals surface area contributed by atoms with E-state index in [4.69, 9.17) is 10.5 Å². The number of anilines is 1. The number of methoxy groups -OCH3 is 1. The van der Waals surface area contributed by atoms with Gasteiger partial charge in [-0.15, -0.1) is 5.92 Å². The van der Waals surface area contributed by atoms with Gasteiger partial charge in [-0.2, -0.15) is 0 Å². The highest BCUT2D eigenvalue weighted by Gasteiger charge is 2.36. The molecular weight excluding hydrogens is 474 g/mol. The van der Waals surface area contributed by atoms with Crippen LogP contribution >= 0.6 is 0 Å². The number of benzene rings is 1. The quantitative estimate of drug-likeness (QED) is 0.453. The summed E-state index contributed by atoms with van der Waals surface area (Å²) in [5.41, 5.74) is 6.05. The van der Waals surface area contributed by atoms with Crippen LogP contribution in [0.5, 0.6) is 0 Å². The largest absolute Gasteiger partial charge is 0.467 e. The monoisotopic (exact) mass is 507 g/mol. The van der Waals surface area contributed by atoms with Crippen LogP contribution in [0.4, 0.5) is 5.82 Å². The number of aromatic nitrogens is 2. The number of carbonyl (C=O) groups excluding carboxylic acids is 2. The first-order valence-corrected chi connectivity index (χ1v) is 12.6. The zero-order valence-electron chi connectivity index (χ0n) is 21.3. The molecule has 196 valence electrons. The van der Waals surface area contributed by atoms with Crippen LogP contribution in [0, 0.1) is 11.8 Å². The zero-order valence-corrected chi connectivity index (χ0v) is 21.3. The van der Waals surface area contributed by atoms with Crippen LogP contribution in [0.15, 0.2) is 39.9 Å². The number of amides is 1. The molecule has 2 aromatic rings. The molecule has 0 aliphatic carbocycles. The van der Waals surface area contributed by atoms with Crippen molar-refractivity contribution < 1.29 is 14.3 Å². The normalized spacial score (nSPS) is 19.3. The first-order chi connectivity index (χ1) is 17.8. The molecule has 0 bridgehead atoms. The van der Waals surface area contributed by atoms with E-state index in [1.807, 2.05) is 4.90 Å². The van der Waals surface area contributed by atoms with Crippen LogP contribution in [0.3, 0.4) is 0 Å². The fraction of sp³-hybridized carbons (Fsp3) is 0.481. The van der Waals surface area contributed by atoms with Crippen molar-refractivity contribution in [2.45, 2.75) is 57.8 Å². The summed E-state index contributed by atoms with van der Waals surface area (Å²) in [5.74, 6) is 5.47. The van der Waals surface area contributed by atoms with Crippen LogP contribution in [0.25, 0.3) is 0 Å². The second kappa shape index (κ2) is 11.5. The van der Waals surface area contributed by atoms with E-state index in [1.165, 1.54) is 22.6 Å². The van der Waals surface area contributed by atoms with E-state index < -0.39 is 23.3 Å².